The van der Waals surface area contributed by atoms with Crippen molar-refractivity contribution < 1.29 is 14.7 Å². The Kier molecular flexibility index (Phi) is 8.88. The van der Waals surface area contributed by atoms with E-state index < -0.39 is 6.10 Å². The summed E-state index contributed by atoms with van der Waals surface area (Å²) in [5.74, 6) is -0.331. The lowest BCUT2D eigenvalue weighted by Crippen LogP contribution is -2.35. The molecule has 2 aromatic rings. The zero-order valence-electron chi connectivity index (χ0n) is 14.6. The second-order valence-electron chi connectivity index (χ2n) is 5.96. The number of hydrogen-bond donors (Lipinski definition) is 4. The first-order valence-corrected chi connectivity index (χ1v) is 8.27. The summed E-state index contributed by atoms with van der Waals surface area (Å²) in [4.78, 5) is 25.5. The fourth-order valence-electron chi connectivity index (χ4n) is 2.96. The van der Waals surface area contributed by atoms with Crippen LogP contribution in [0.5, 0.6) is 0 Å². The minimum atomic E-state index is -0.635. The molecule has 0 saturated carbocycles. The highest BCUT2D eigenvalue weighted by atomic mass is 35.5. The van der Waals surface area contributed by atoms with E-state index >= 15 is 0 Å². The van der Waals surface area contributed by atoms with Gasteiger partial charge in [0.15, 0.2) is 11.6 Å². The van der Waals surface area contributed by atoms with Crippen molar-refractivity contribution in [1.29, 1.82) is 0 Å². The number of benzene rings is 2. The van der Waals surface area contributed by atoms with Crippen molar-refractivity contribution in [2.45, 2.75) is 6.10 Å². The third-order valence-electron chi connectivity index (χ3n) is 4.18. The van der Waals surface area contributed by atoms with Crippen LogP contribution in [0.4, 0.5) is 5.69 Å². The minimum absolute atomic E-state index is 0. The first kappa shape index (κ1) is 23.1. The van der Waals surface area contributed by atoms with E-state index in [-0.39, 0.29) is 42.9 Å². The summed E-state index contributed by atoms with van der Waals surface area (Å²) >= 11 is 0. The van der Waals surface area contributed by atoms with E-state index in [2.05, 4.69) is 10.6 Å². The molecule has 27 heavy (non-hydrogen) atoms. The molecule has 0 amide bonds. The number of aliphatic hydroxyl groups excluding tert-OH is 1. The van der Waals surface area contributed by atoms with E-state index in [0.717, 1.165) is 0 Å². The van der Waals surface area contributed by atoms with Gasteiger partial charge in [0.05, 0.1) is 11.7 Å². The molecule has 0 heterocycles. The van der Waals surface area contributed by atoms with Crippen LogP contribution in [0.25, 0.3) is 0 Å². The third-order valence-corrected chi connectivity index (χ3v) is 4.18. The Labute approximate surface area is 170 Å². The van der Waals surface area contributed by atoms with Gasteiger partial charge in [-0.3, -0.25) is 9.59 Å². The fraction of sp³-hybridized carbons (Fsp3) is 0.263. The van der Waals surface area contributed by atoms with Gasteiger partial charge in [-0.05, 0) is 6.07 Å². The first-order valence-electron chi connectivity index (χ1n) is 8.27. The summed E-state index contributed by atoms with van der Waals surface area (Å²) in [6, 6.07) is 12.0. The standard InChI is InChI=1S/C19H21N3O3.2ClH/c20-8-9-21-10-12(23)11-22-16-7-3-6-15-17(16)19(25)14-5-2-1-4-13(14)18(15)24;;/h1-7,12,21-23H,8-11,20H2;2*1H. The molecular formula is C19H23Cl2N3O3. The Hall–Kier alpha value is -1.96. The molecule has 1 aliphatic rings. The van der Waals surface area contributed by atoms with Crippen molar-refractivity contribution in [3.8, 4) is 0 Å². The molecule has 0 bridgehead atoms. The molecule has 6 nitrogen and oxygen atoms in total. The molecule has 0 spiro atoms. The second kappa shape index (κ2) is 10.4. The van der Waals surface area contributed by atoms with E-state index in [4.69, 9.17) is 5.73 Å². The van der Waals surface area contributed by atoms with Gasteiger partial charge in [-0.2, -0.15) is 0 Å². The molecule has 146 valence electrons. The number of ketones is 2. The lowest BCUT2D eigenvalue weighted by molar-refractivity contribution is 0.0979. The highest BCUT2D eigenvalue weighted by molar-refractivity contribution is 6.30. The monoisotopic (exact) mass is 411 g/mol. The van der Waals surface area contributed by atoms with Crippen LogP contribution >= 0.6 is 24.8 Å². The van der Waals surface area contributed by atoms with Crippen LogP contribution in [0.3, 0.4) is 0 Å². The van der Waals surface area contributed by atoms with Crippen LogP contribution < -0.4 is 16.4 Å². The largest absolute Gasteiger partial charge is 0.390 e. The summed E-state index contributed by atoms with van der Waals surface area (Å²) in [5.41, 5.74) is 7.56. The van der Waals surface area contributed by atoms with Crippen LogP contribution in [0.1, 0.15) is 31.8 Å². The van der Waals surface area contributed by atoms with Crippen molar-refractivity contribution in [2.24, 2.45) is 5.73 Å². The van der Waals surface area contributed by atoms with E-state index in [1.165, 1.54) is 0 Å². The number of carbonyl (C=O) groups excluding carboxylic acids is 2. The summed E-state index contributed by atoms with van der Waals surface area (Å²) in [7, 11) is 0. The Balaban J connectivity index is 0.00000182. The average molecular weight is 412 g/mol. The number of anilines is 1. The number of nitrogens with two attached hydrogens (primary N) is 1. The zero-order valence-corrected chi connectivity index (χ0v) is 16.2. The molecule has 3 rings (SSSR count). The minimum Gasteiger partial charge on any atom is -0.390 e. The fourth-order valence-corrected chi connectivity index (χ4v) is 2.96. The van der Waals surface area contributed by atoms with E-state index in [9.17, 15) is 14.7 Å². The van der Waals surface area contributed by atoms with Gasteiger partial charge in [0.1, 0.15) is 0 Å². The van der Waals surface area contributed by atoms with Crippen molar-refractivity contribution in [1.82, 2.24) is 5.32 Å². The zero-order chi connectivity index (χ0) is 17.8. The maximum absolute atomic E-state index is 12.8. The topological polar surface area (TPSA) is 104 Å². The van der Waals surface area contributed by atoms with Gasteiger partial charge >= 0.3 is 0 Å². The van der Waals surface area contributed by atoms with Gasteiger partial charge in [0.2, 0.25) is 0 Å². The summed E-state index contributed by atoms with van der Waals surface area (Å²) in [6.45, 7) is 1.79. The third kappa shape index (κ3) is 4.86. The molecule has 5 N–H and O–H groups in total. The van der Waals surface area contributed by atoms with E-state index in [1.54, 1.807) is 42.5 Å². The number of rotatable bonds is 7. The highest BCUT2D eigenvalue weighted by Gasteiger charge is 2.31. The van der Waals surface area contributed by atoms with Gasteiger partial charge < -0.3 is 21.5 Å². The van der Waals surface area contributed by atoms with E-state index in [0.29, 0.717) is 47.6 Å². The number of fused-ring (bicyclic) bond motifs is 2. The molecule has 1 atom stereocenters. The van der Waals surface area contributed by atoms with Crippen LogP contribution in [-0.4, -0.2) is 49.0 Å². The predicted octanol–water partition coefficient (Wildman–Crippen LogP) is 1.63. The molecule has 0 aliphatic heterocycles. The lowest BCUT2D eigenvalue weighted by Gasteiger charge is -2.21. The van der Waals surface area contributed by atoms with Crippen molar-refractivity contribution >= 4 is 42.1 Å². The quantitative estimate of drug-likeness (QED) is 0.440. The van der Waals surface area contributed by atoms with Crippen LogP contribution in [-0.2, 0) is 0 Å². The van der Waals surface area contributed by atoms with Gasteiger partial charge in [0, 0.05) is 48.6 Å². The van der Waals surface area contributed by atoms with Crippen molar-refractivity contribution in [3.63, 3.8) is 0 Å². The van der Waals surface area contributed by atoms with Crippen LogP contribution in [0.15, 0.2) is 42.5 Å². The normalized spacial score (nSPS) is 13.0. The number of halogens is 2. The first-order chi connectivity index (χ1) is 12.1. The number of hydrogen-bond acceptors (Lipinski definition) is 6. The van der Waals surface area contributed by atoms with E-state index in [1.807, 2.05) is 0 Å². The Morgan fingerprint density at radius 3 is 2.19 bits per heavy atom. The number of aliphatic hydroxyl groups is 1. The SMILES string of the molecule is Cl.Cl.NCCNCC(O)CNc1cccc2c1C(=O)c1ccccc1C2=O. The van der Waals surface area contributed by atoms with Gasteiger partial charge in [-0.15, -0.1) is 24.8 Å². The maximum atomic E-state index is 12.8. The highest BCUT2D eigenvalue weighted by Crippen LogP contribution is 2.31. The maximum Gasteiger partial charge on any atom is 0.196 e. The number of nitrogens with one attached hydrogen (secondary N) is 2. The second-order valence-corrected chi connectivity index (χ2v) is 5.96. The van der Waals surface area contributed by atoms with Crippen molar-refractivity contribution in [2.75, 3.05) is 31.5 Å². The summed E-state index contributed by atoms with van der Waals surface area (Å²) in [6.07, 6.45) is -0.635. The Morgan fingerprint density at radius 1 is 0.889 bits per heavy atom. The molecule has 0 fully saturated rings. The molecule has 1 aliphatic carbocycles. The number of carbonyl (C=O) groups is 2. The molecule has 0 radical (unpaired) electrons. The molecule has 0 saturated heterocycles. The summed E-state index contributed by atoms with van der Waals surface area (Å²) < 4.78 is 0. The van der Waals surface area contributed by atoms with Gasteiger partial charge in [-0.1, -0.05) is 36.4 Å². The summed E-state index contributed by atoms with van der Waals surface area (Å²) in [5, 5.41) is 16.1. The van der Waals surface area contributed by atoms with Crippen molar-refractivity contribution in [3.05, 3.63) is 64.7 Å². The van der Waals surface area contributed by atoms with Crippen LogP contribution in [0.2, 0.25) is 0 Å². The molecular weight excluding hydrogens is 389 g/mol. The average Bonchev–Trinajstić information content (AvgIpc) is 2.64. The van der Waals surface area contributed by atoms with Gasteiger partial charge in [-0.25, -0.2) is 0 Å². The molecule has 1 unspecified atom stereocenters. The molecule has 0 aromatic heterocycles. The van der Waals surface area contributed by atoms with Gasteiger partial charge in [0.25, 0.3) is 0 Å². The lowest BCUT2D eigenvalue weighted by atomic mass is 9.83. The molecule has 2 aromatic carbocycles. The Bertz CT molecular complexity index is 815. The predicted molar refractivity (Wildman–Crippen MR) is 111 cm³/mol. The Morgan fingerprint density at radius 2 is 1.52 bits per heavy atom. The molecule has 8 heteroatoms. The van der Waals surface area contributed by atoms with Crippen LogP contribution in [0, 0.1) is 0 Å². The smallest absolute Gasteiger partial charge is 0.196 e.